The number of rotatable bonds is 4. The number of alkyl halides is 2. The van der Waals surface area contributed by atoms with Crippen molar-refractivity contribution in [1.29, 1.82) is 0 Å². The zero-order chi connectivity index (χ0) is 22.0. The molecule has 5 fully saturated rings. The first-order valence-electron chi connectivity index (χ1n) is 12.2. The summed E-state index contributed by atoms with van der Waals surface area (Å²) >= 11 is 0. The first-order chi connectivity index (χ1) is 15.4. The number of carbonyl (C=O) groups is 1. The second-order valence-corrected chi connectivity index (χ2v) is 10.4. The fourth-order valence-corrected chi connectivity index (χ4v) is 6.34. The van der Waals surface area contributed by atoms with Gasteiger partial charge in [-0.05, 0) is 43.9 Å². The van der Waals surface area contributed by atoms with Gasteiger partial charge in [-0.25, -0.2) is 4.98 Å². The molecule has 7 nitrogen and oxygen atoms in total. The minimum absolute atomic E-state index is 0.0544. The highest BCUT2D eigenvalue weighted by Gasteiger charge is 2.50. The molecule has 1 aromatic heterocycles. The van der Waals surface area contributed by atoms with Crippen molar-refractivity contribution in [3.8, 4) is 0 Å². The molecule has 0 spiro atoms. The van der Waals surface area contributed by atoms with Crippen LogP contribution in [0.5, 0.6) is 0 Å². The van der Waals surface area contributed by atoms with Crippen LogP contribution in [0.25, 0.3) is 0 Å². The van der Waals surface area contributed by atoms with E-state index in [2.05, 4.69) is 22.1 Å². The smallest absolute Gasteiger partial charge is 0.290 e. The third-order valence-electron chi connectivity index (χ3n) is 8.49. The van der Waals surface area contributed by atoms with Crippen molar-refractivity contribution in [2.75, 3.05) is 55.6 Å². The van der Waals surface area contributed by atoms with Crippen LogP contribution < -0.4 is 15.1 Å². The number of halogens is 2. The molecule has 9 heteroatoms. The molecule has 1 amide bonds. The van der Waals surface area contributed by atoms with Gasteiger partial charge in [-0.1, -0.05) is 0 Å². The summed E-state index contributed by atoms with van der Waals surface area (Å²) in [7, 11) is 0. The van der Waals surface area contributed by atoms with E-state index in [0.717, 1.165) is 64.5 Å². The molecular formula is C23H32F2N6O. The molecule has 5 heterocycles. The van der Waals surface area contributed by atoms with E-state index in [9.17, 15) is 13.6 Å². The summed E-state index contributed by atoms with van der Waals surface area (Å²) in [4.78, 5) is 28.2. The molecule has 174 valence electrons. The van der Waals surface area contributed by atoms with Crippen LogP contribution in [0.15, 0.2) is 0 Å². The zero-order valence-corrected chi connectivity index (χ0v) is 18.7. The summed E-state index contributed by atoms with van der Waals surface area (Å²) in [6, 6.07) is 0.297. The molecule has 2 unspecified atom stereocenters. The highest BCUT2D eigenvalue weighted by molar-refractivity contribution is 5.77. The number of anilines is 2. The Morgan fingerprint density at radius 3 is 2.56 bits per heavy atom. The van der Waals surface area contributed by atoms with Crippen LogP contribution in [-0.2, 0) is 17.1 Å². The largest absolute Gasteiger partial charge is 0.356 e. The number of nitrogens with zero attached hydrogens (tertiary/aromatic N) is 5. The maximum atomic E-state index is 14.6. The van der Waals surface area contributed by atoms with Crippen LogP contribution in [0, 0.1) is 17.8 Å². The molecule has 0 radical (unpaired) electrons. The number of carbonyl (C=O) groups excluding carboxylic acids is 1. The van der Waals surface area contributed by atoms with Gasteiger partial charge < -0.3 is 20.0 Å². The number of piperazine rings is 1. The molecule has 0 aromatic carbocycles. The molecule has 6 aliphatic rings. The first kappa shape index (κ1) is 20.6. The lowest BCUT2D eigenvalue weighted by Crippen LogP contribution is -2.57. The van der Waals surface area contributed by atoms with Gasteiger partial charge in [0.15, 0.2) is 0 Å². The molecule has 7 rings (SSSR count). The minimum atomic E-state index is -2.87. The Bertz CT molecular complexity index is 908. The van der Waals surface area contributed by atoms with Crippen molar-refractivity contribution >= 4 is 17.7 Å². The maximum Gasteiger partial charge on any atom is 0.290 e. The highest BCUT2D eigenvalue weighted by atomic mass is 19.3. The lowest BCUT2D eigenvalue weighted by molar-refractivity contribution is -0.135. The molecule has 2 aliphatic carbocycles. The SMILES string of the molecule is CC1CCN1c1nc(N2C[C@H]3C[C@@H](C2)C3CC(=O)N2CCNCC2)c2c(n1)C(F)(F)CC2. The number of fused-ring (bicyclic) bond motifs is 3. The predicted molar refractivity (Wildman–Crippen MR) is 117 cm³/mol. The van der Waals surface area contributed by atoms with E-state index < -0.39 is 5.92 Å². The van der Waals surface area contributed by atoms with E-state index >= 15 is 0 Å². The minimum Gasteiger partial charge on any atom is -0.356 e. The lowest BCUT2D eigenvalue weighted by atomic mass is 9.60. The van der Waals surface area contributed by atoms with Gasteiger partial charge in [0, 0.05) is 70.3 Å². The summed E-state index contributed by atoms with van der Waals surface area (Å²) in [6.07, 6.45) is 2.97. The molecule has 4 aliphatic heterocycles. The van der Waals surface area contributed by atoms with E-state index in [1.807, 2.05) is 9.80 Å². The number of amides is 1. The number of hydrogen-bond acceptors (Lipinski definition) is 6. The van der Waals surface area contributed by atoms with Crippen molar-refractivity contribution in [2.45, 2.75) is 51.0 Å². The molecule has 1 saturated carbocycles. The van der Waals surface area contributed by atoms with Gasteiger partial charge in [0.25, 0.3) is 5.92 Å². The van der Waals surface area contributed by atoms with Crippen LogP contribution in [0.3, 0.4) is 0 Å². The molecule has 1 N–H and O–H groups in total. The molecule has 4 atom stereocenters. The quantitative estimate of drug-likeness (QED) is 0.764. The zero-order valence-electron chi connectivity index (χ0n) is 18.7. The third-order valence-corrected chi connectivity index (χ3v) is 8.49. The number of piperidine rings is 2. The molecule has 1 aromatic rings. The van der Waals surface area contributed by atoms with Crippen LogP contribution >= 0.6 is 0 Å². The fourth-order valence-electron chi connectivity index (χ4n) is 6.34. The van der Waals surface area contributed by atoms with Gasteiger partial charge in [0.1, 0.15) is 11.5 Å². The van der Waals surface area contributed by atoms with Crippen molar-refractivity contribution in [1.82, 2.24) is 20.2 Å². The Morgan fingerprint density at radius 2 is 1.91 bits per heavy atom. The van der Waals surface area contributed by atoms with Crippen LogP contribution in [0.4, 0.5) is 20.5 Å². The number of aromatic nitrogens is 2. The van der Waals surface area contributed by atoms with Gasteiger partial charge in [-0.2, -0.15) is 13.8 Å². The van der Waals surface area contributed by atoms with Gasteiger partial charge in [0.05, 0.1) is 0 Å². The summed E-state index contributed by atoms with van der Waals surface area (Å²) in [5.41, 5.74) is 0.586. The maximum absolute atomic E-state index is 14.6. The monoisotopic (exact) mass is 446 g/mol. The van der Waals surface area contributed by atoms with Crippen molar-refractivity contribution in [3.05, 3.63) is 11.3 Å². The lowest BCUT2D eigenvalue weighted by Gasteiger charge is -2.54. The second-order valence-electron chi connectivity index (χ2n) is 10.4. The molecular weight excluding hydrogens is 414 g/mol. The summed E-state index contributed by atoms with van der Waals surface area (Å²) in [5.74, 6) is -0.103. The third kappa shape index (κ3) is 3.26. The van der Waals surface area contributed by atoms with Crippen molar-refractivity contribution in [2.24, 2.45) is 17.8 Å². The fraction of sp³-hybridized carbons (Fsp3) is 0.783. The Hall–Kier alpha value is -2.03. The van der Waals surface area contributed by atoms with E-state index in [1.165, 1.54) is 0 Å². The average molecular weight is 447 g/mol. The Labute approximate surface area is 187 Å². The summed E-state index contributed by atoms with van der Waals surface area (Å²) in [5, 5.41) is 3.29. The second kappa shape index (κ2) is 7.50. The van der Waals surface area contributed by atoms with Crippen LogP contribution in [0.1, 0.15) is 43.9 Å². The van der Waals surface area contributed by atoms with Crippen molar-refractivity contribution in [3.63, 3.8) is 0 Å². The van der Waals surface area contributed by atoms with Gasteiger partial charge in [-0.15, -0.1) is 0 Å². The first-order valence-corrected chi connectivity index (χ1v) is 12.2. The predicted octanol–water partition coefficient (Wildman–Crippen LogP) is 2.01. The van der Waals surface area contributed by atoms with Gasteiger partial charge in [0.2, 0.25) is 11.9 Å². The Morgan fingerprint density at radius 1 is 1.16 bits per heavy atom. The molecule has 32 heavy (non-hydrogen) atoms. The normalized spacial score (nSPS) is 32.9. The van der Waals surface area contributed by atoms with E-state index in [-0.39, 0.29) is 18.0 Å². The van der Waals surface area contributed by atoms with Gasteiger partial charge >= 0.3 is 0 Å². The van der Waals surface area contributed by atoms with Crippen molar-refractivity contribution < 1.29 is 13.6 Å². The molecule has 2 bridgehead atoms. The number of nitrogens with one attached hydrogen (secondary N) is 1. The van der Waals surface area contributed by atoms with E-state index in [0.29, 0.717) is 48.1 Å². The van der Waals surface area contributed by atoms with Gasteiger partial charge in [-0.3, -0.25) is 4.79 Å². The summed E-state index contributed by atoms with van der Waals surface area (Å²) < 4.78 is 29.3. The van der Waals surface area contributed by atoms with Crippen LogP contribution in [0.2, 0.25) is 0 Å². The highest BCUT2D eigenvalue weighted by Crippen LogP contribution is 2.51. The van der Waals surface area contributed by atoms with E-state index in [1.54, 1.807) is 0 Å². The summed E-state index contributed by atoms with van der Waals surface area (Å²) in [6.45, 7) is 7.87. The number of hydrogen-bond donors (Lipinski definition) is 1. The topological polar surface area (TPSA) is 64.6 Å². The Kier molecular flexibility index (Phi) is 4.82. The standard InChI is InChI=1S/C23H32F2N6O/c1-14-3-7-31(14)22-27-20-17(2-4-23(20,24)25)21(28-22)30-12-15-10-16(13-30)18(15)11-19(32)29-8-5-26-6-9-29/h14-16,18,26H,2-13H2,1H3/t14?,15-,16+,18?. The molecule has 4 saturated heterocycles. The average Bonchev–Trinajstić information content (AvgIpc) is 3.11. The Balaban J connectivity index is 1.21. The van der Waals surface area contributed by atoms with E-state index in [4.69, 9.17) is 4.98 Å². The van der Waals surface area contributed by atoms with Crippen LogP contribution in [-0.4, -0.2) is 72.6 Å².